The molecule has 0 aliphatic heterocycles. The molecule has 0 aliphatic rings. The summed E-state index contributed by atoms with van der Waals surface area (Å²) in [5.74, 6) is 1.49. The third-order valence-electron chi connectivity index (χ3n) is 5.96. The fourth-order valence-corrected chi connectivity index (χ4v) is 3.95. The van der Waals surface area contributed by atoms with Crippen molar-refractivity contribution in [1.29, 1.82) is 0 Å². The second-order valence-electron chi connectivity index (χ2n) is 8.07. The number of nitrogens with zero attached hydrogens (tertiary/aromatic N) is 1. The second-order valence-corrected chi connectivity index (χ2v) is 8.07. The number of phenolic OH excluding ortho intramolecular Hbond substituents is 1. The number of hydrogen-bond acceptors (Lipinski definition) is 7. The normalized spacial score (nSPS) is 11.1. The Hall–Kier alpha value is -3.97. The molecule has 35 heavy (non-hydrogen) atoms. The van der Waals surface area contributed by atoms with Crippen LogP contribution in [0.2, 0.25) is 0 Å². The molecule has 1 heterocycles. The molecule has 0 amide bonds. The molecule has 0 saturated carbocycles. The van der Waals surface area contributed by atoms with Gasteiger partial charge in [-0.25, -0.2) is 4.79 Å². The molecule has 0 atom stereocenters. The summed E-state index contributed by atoms with van der Waals surface area (Å²) in [7, 11) is 1.59. The molecule has 0 fully saturated rings. The van der Waals surface area contributed by atoms with Crippen molar-refractivity contribution in [3.63, 3.8) is 0 Å². The van der Waals surface area contributed by atoms with E-state index in [0.29, 0.717) is 40.1 Å². The average Bonchev–Trinajstić information content (AvgIpc) is 2.87. The highest BCUT2D eigenvalue weighted by molar-refractivity contribution is 6.00. The summed E-state index contributed by atoms with van der Waals surface area (Å²) in [5.41, 5.74) is 2.25. The Bertz CT molecular complexity index is 1330. The molecular formula is C28H30N2O5. The van der Waals surface area contributed by atoms with Gasteiger partial charge in [-0.3, -0.25) is 0 Å². The summed E-state index contributed by atoms with van der Waals surface area (Å²) >= 11 is 0. The van der Waals surface area contributed by atoms with Gasteiger partial charge in [0.05, 0.1) is 18.4 Å². The maximum Gasteiger partial charge on any atom is 0.346 e. The first-order chi connectivity index (χ1) is 17.0. The number of rotatable bonds is 10. The summed E-state index contributed by atoms with van der Waals surface area (Å²) in [5, 5.41) is 14.0. The van der Waals surface area contributed by atoms with E-state index in [9.17, 15) is 9.90 Å². The summed E-state index contributed by atoms with van der Waals surface area (Å²) in [6, 6.07) is 19.6. The Kier molecular flexibility index (Phi) is 7.57. The van der Waals surface area contributed by atoms with Crippen LogP contribution in [0.5, 0.6) is 17.2 Å². The van der Waals surface area contributed by atoms with Crippen LogP contribution >= 0.6 is 0 Å². The Balaban J connectivity index is 1.66. The molecule has 7 nitrogen and oxygen atoms in total. The molecule has 0 unspecified atom stereocenters. The Morgan fingerprint density at radius 2 is 1.63 bits per heavy atom. The highest BCUT2D eigenvalue weighted by Gasteiger charge is 2.17. The largest absolute Gasteiger partial charge is 0.508 e. The minimum atomic E-state index is -0.507. The van der Waals surface area contributed by atoms with Gasteiger partial charge in [0.2, 0.25) is 0 Å². The van der Waals surface area contributed by atoms with Gasteiger partial charge in [-0.2, -0.15) is 0 Å². The van der Waals surface area contributed by atoms with Crippen LogP contribution in [0.4, 0.5) is 11.4 Å². The van der Waals surface area contributed by atoms with E-state index in [1.54, 1.807) is 31.4 Å². The summed E-state index contributed by atoms with van der Waals surface area (Å²) in [6.45, 7) is 7.76. The summed E-state index contributed by atoms with van der Waals surface area (Å²) in [4.78, 5) is 15.3. The van der Waals surface area contributed by atoms with Crippen LogP contribution in [-0.4, -0.2) is 43.4 Å². The van der Waals surface area contributed by atoms with E-state index in [1.165, 1.54) is 6.07 Å². The molecule has 0 aliphatic carbocycles. The lowest BCUT2D eigenvalue weighted by molar-refractivity contribution is 0.223. The Morgan fingerprint density at radius 1 is 0.943 bits per heavy atom. The summed E-state index contributed by atoms with van der Waals surface area (Å²) in [6.07, 6.45) is 0. The number of nitrogens with one attached hydrogen (secondary N) is 1. The van der Waals surface area contributed by atoms with Crippen molar-refractivity contribution >= 4 is 22.3 Å². The summed E-state index contributed by atoms with van der Waals surface area (Å²) < 4.78 is 16.7. The SMILES string of the molecule is CCN(CC)CCOc1ccc(Nc2c(-c3ccc(OC)cc3)c(=O)oc3cc(O)ccc23)cc1. The average molecular weight is 475 g/mol. The topological polar surface area (TPSA) is 84.2 Å². The van der Waals surface area contributed by atoms with Gasteiger partial charge in [-0.15, -0.1) is 0 Å². The van der Waals surface area contributed by atoms with E-state index >= 15 is 0 Å². The van der Waals surface area contributed by atoms with Crippen molar-refractivity contribution in [3.05, 3.63) is 77.2 Å². The molecule has 182 valence electrons. The highest BCUT2D eigenvalue weighted by atomic mass is 16.5. The van der Waals surface area contributed by atoms with Crippen LogP contribution in [-0.2, 0) is 0 Å². The van der Waals surface area contributed by atoms with Gasteiger partial charge < -0.3 is 29.2 Å². The first kappa shape index (κ1) is 24.2. The molecule has 0 radical (unpaired) electrons. The number of anilines is 2. The van der Waals surface area contributed by atoms with Gasteiger partial charge in [0, 0.05) is 23.7 Å². The van der Waals surface area contributed by atoms with Crippen LogP contribution in [0.15, 0.2) is 75.9 Å². The molecule has 1 aromatic heterocycles. The van der Waals surface area contributed by atoms with Crippen LogP contribution in [0.1, 0.15) is 13.8 Å². The zero-order valence-electron chi connectivity index (χ0n) is 20.2. The number of ether oxygens (including phenoxy) is 2. The number of methoxy groups -OCH3 is 1. The Morgan fingerprint density at radius 3 is 2.29 bits per heavy atom. The molecular weight excluding hydrogens is 444 g/mol. The molecule has 3 aromatic carbocycles. The molecule has 0 bridgehead atoms. The van der Waals surface area contributed by atoms with Gasteiger partial charge in [0.15, 0.2) is 0 Å². The van der Waals surface area contributed by atoms with E-state index in [1.807, 2.05) is 36.4 Å². The van der Waals surface area contributed by atoms with E-state index in [-0.39, 0.29) is 5.75 Å². The minimum absolute atomic E-state index is 0.0232. The molecule has 0 saturated heterocycles. The fourth-order valence-electron chi connectivity index (χ4n) is 3.95. The third-order valence-corrected chi connectivity index (χ3v) is 5.96. The number of aromatic hydroxyl groups is 1. The Labute approximate surface area is 204 Å². The van der Waals surface area contributed by atoms with E-state index in [0.717, 1.165) is 31.1 Å². The lowest BCUT2D eigenvalue weighted by Crippen LogP contribution is -2.27. The van der Waals surface area contributed by atoms with Crippen molar-refractivity contribution in [2.45, 2.75) is 13.8 Å². The maximum absolute atomic E-state index is 13.0. The van der Waals surface area contributed by atoms with Gasteiger partial charge >= 0.3 is 5.63 Å². The van der Waals surface area contributed by atoms with Gasteiger partial charge in [-0.1, -0.05) is 26.0 Å². The first-order valence-corrected chi connectivity index (χ1v) is 11.7. The zero-order valence-corrected chi connectivity index (χ0v) is 20.2. The van der Waals surface area contributed by atoms with Gasteiger partial charge in [0.1, 0.15) is 29.4 Å². The van der Waals surface area contributed by atoms with E-state index < -0.39 is 5.63 Å². The van der Waals surface area contributed by atoms with Gasteiger partial charge in [-0.05, 0) is 67.2 Å². The lowest BCUT2D eigenvalue weighted by atomic mass is 10.0. The first-order valence-electron chi connectivity index (χ1n) is 11.7. The molecule has 4 rings (SSSR count). The predicted molar refractivity (Wildman–Crippen MR) is 139 cm³/mol. The molecule has 4 aromatic rings. The van der Waals surface area contributed by atoms with Gasteiger partial charge in [0.25, 0.3) is 0 Å². The predicted octanol–water partition coefficient (Wildman–Crippen LogP) is 5.64. The van der Waals surface area contributed by atoms with Crippen LogP contribution in [0, 0.1) is 0 Å². The lowest BCUT2D eigenvalue weighted by Gasteiger charge is -2.18. The van der Waals surface area contributed by atoms with Crippen LogP contribution in [0.25, 0.3) is 22.1 Å². The highest BCUT2D eigenvalue weighted by Crippen LogP contribution is 2.36. The van der Waals surface area contributed by atoms with Crippen molar-refractivity contribution in [3.8, 4) is 28.4 Å². The van der Waals surface area contributed by atoms with E-state index in [2.05, 4.69) is 24.1 Å². The number of phenols is 1. The maximum atomic E-state index is 13.0. The smallest absolute Gasteiger partial charge is 0.346 e. The van der Waals surface area contributed by atoms with Crippen molar-refractivity contribution in [2.75, 3.05) is 38.7 Å². The standard InChI is InChI=1S/C28H30N2O5/c1-4-30(5-2)16-17-34-23-13-8-20(9-14-23)29-27-24-15-10-21(31)18-25(24)35-28(32)26(27)19-6-11-22(33-3)12-7-19/h6-15,18,29,31H,4-5,16-17H2,1-3H3. The second kappa shape index (κ2) is 11.0. The molecule has 7 heteroatoms. The van der Waals surface area contributed by atoms with Crippen molar-refractivity contribution in [1.82, 2.24) is 4.90 Å². The number of fused-ring (bicyclic) bond motifs is 1. The van der Waals surface area contributed by atoms with Crippen molar-refractivity contribution < 1.29 is 19.0 Å². The molecule has 2 N–H and O–H groups in total. The molecule has 0 spiro atoms. The van der Waals surface area contributed by atoms with Crippen molar-refractivity contribution in [2.24, 2.45) is 0 Å². The third kappa shape index (κ3) is 5.58. The van der Waals surface area contributed by atoms with E-state index in [4.69, 9.17) is 13.9 Å². The fraction of sp³-hybridized carbons (Fsp3) is 0.250. The number of benzene rings is 3. The number of likely N-dealkylation sites (N-methyl/N-ethyl adjacent to an activating group) is 1. The minimum Gasteiger partial charge on any atom is -0.508 e. The zero-order chi connectivity index (χ0) is 24.8. The van der Waals surface area contributed by atoms with Crippen LogP contribution in [0.3, 0.4) is 0 Å². The van der Waals surface area contributed by atoms with Crippen LogP contribution < -0.4 is 20.4 Å². The quantitative estimate of drug-likeness (QED) is 0.288. The number of hydrogen-bond donors (Lipinski definition) is 2. The monoisotopic (exact) mass is 474 g/mol.